The van der Waals surface area contributed by atoms with Gasteiger partial charge in [0.05, 0.1) is 6.10 Å². The van der Waals surface area contributed by atoms with Crippen LogP contribution in [0.1, 0.15) is 52.9 Å². The molecule has 0 spiro atoms. The second kappa shape index (κ2) is 8.89. The Labute approximate surface area is 113 Å². The van der Waals surface area contributed by atoms with Gasteiger partial charge in [-0.2, -0.15) is 0 Å². The van der Waals surface area contributed by atoms with Crippen molar-refractivity contribution in [3.63, 3.8) is 0 Å². The van der Waals surface area contributed by atoms with E-state index in [9.17, 15) is 5.11 Å². The number of nitrogens with zero attached hydrogens (tertiary/aromatic N) is 1. The van der Waals surface area contributed by atoms with Crippen molar-refractivity contribution < 1.29 is 5.11 Å². The first kappa shape index (κ1) is 15.9. The van der Waals surface area contributed by atoms with Gasteiger partial charge in [0, 0.05) is 19.1 Å². The molecule has 2 N–H and O–H groups in total. The zero-order chi connectivity index (χ0) is 13.4. The van der Waals surface area contributed by atoms with E-state index in [-0.39, 0.29) is 6.10 Å². The van der Waals surface area contributed by atoms with Crippen molar-refractivity contribution in [1.29, 1.82) is 0 Å². The third kappa shape index (κ3) is 5.68. The molecule has 0 bridgehead atoms. The van der Waals surface area contributed by atoms with Gasteiger partial charge in [-0.3, -0.25) is 0 Å². The topological polar surface area (TPSA) is 35.5 Å². The molecule has 1 atom stereocenters. The molecule has 3 heteroatoms. The van der Waals surface area contributed by atoms with E-state index >= 15 is 0 Å². The quantitative estimate of drug-likeness (QED) is 0.699. The van der Waals surface area contributed by atoms with Gasteiger partial charge in [-0.1, -0.05) is 27.2 Å². The Morgan fingerprint density at radius 2 is 1.72 bits per heavy atom. The minimum Gasteiger partial charge on any atom is -0.390 e. The summed E-state index contributed by atoms with van der Waals surface area (Å²) < 4.78 is 0. The van der Waals surface area contributed by atoms with Crippen molar-refractivity contribution in [2.45, 2.75) is 65.0 Å². The molecule has 1 aliphatic rings. The van der Waals surface area contributed by atoms with Crippen molar-refractivity contribution >= 4 is 0 Å². The maximum absolute atomic E-state index is 10.0. The SMILES string of the molecule is CCC1CCC(NCC(O)CN(CC)CC)CC1. The van der Waals surface area contributed by atoms with E-state index in [2.05, 4.69) is 31.0 Å². The van der Waals surface area contributed by atoms with Crippen LogP contribution in [0.15, 0.2) is 0 Å². The lowest BCUT2D eigenvalue weighted by Crippen LogP contribution is -2.42. The van der Waals surface area contributed by atoms with Gasteiger partial charge >= 0.3 is 0 Å². The highest BCUT2D eigenvalue weighted by Crippen LogP contribution is 2.26. The molecule has 0 aromatic carbocycles. The number of hydrogen-bond acceptors (Lipinski definition) is 3. The van der Waals surface area contributed by atoms with Crippen LogP contribution in [0.5, 0.6) is 0 Å². The molecule has 0 aromatic rings. The molecule has 0 aliphatic heterocycles. The van der Waals surface area contributed by atoms with Crippen molar-refractivity contribution in [3.05, 3.63) is 0 Å². The van der Waals surface area contributed by atoms with E-state index in [1.54, 1.807) is 0 Å². The fourth-order valence-electron chi connectivity index (χ4n) is 2.92. The smallest absolute Gasteiger partial charge is 0.0791 e. The maximum atomic E-state index is 10.0. The number of aliphatic hydroxyl groups excluding tert-OH is 1. The maximum Gasteiger partial charge on any atom is 0.0791 e. The molecule has 1 unspecified atom stereocenters. The van der Waals surface area contributed by atoms with E-state index in [1.807, 2.05) is 0 Å². The second-order valence-electron chi connectivity index (χ2n) is 5.67. The lowest BCUT2D eigenvalue weighted by molar-refractivity contribution is 0.110. The molecule has 1 fully saturated rings. The number of rotatable bonds is 8. The number of hydrogen-bond donors (Lipinski definition) is 2. The highest BCUT2D eigenvalue weighted by atomic mass is 16.3. The third-order valence-corrected chi connectivity index (χ3v) is 4.43. The standard InChI is InChI=1S/C15H32N2O/c1-4-13-7-9-14(10-8-13)16-11-15(18)12-17(5-2)6-3/h13-16,18H,4-12H2,1-3H3. The molecular formula is C15H32N2O. The summed E-state index contributed by atoms with van der Waals surface area (Å²) in [6.45, 7) is 10.2. The van der Waals surface area contributed by atoms with Crippen LogP contribution >= 0.6 is 0 Å². The Hall–Kier alpha value is -0.120. The van der Waals surface area contributed by atoms with Gasteiger partial charge < -0.3 is 15.3 Å². The minimum atomic E-state index is -0.228. The Morgan fingerprint density at radius 3 is 2.22 bits per heavy atom. The van der Waals surface area contributed by atoms with Gasteiger partial charge in [0.15, 0.2) is 0 Å². The van der Waals surface area contributed by atoms with E-state index < -0.39 is 0 Å². The first-order valence-corrected chi connectivity index (χ1v) is 7.83. The summed E-state index contributed by atoms with van der Waals surface area (Å²) in [5.74, 6) is 0.948. The van der Waals surface area contributed by atoms with Gasteiger partial charge in [0.2, 0.25) is 0 Å². The minimum absolute atomic E-state index is 0.228. The predicted molar refractivity (Wildman–Crippen MR) is 77.8 cm³/mol. The van der Waals surface area contributed by atoms with Crippen LogP contribution in [0, 0.1) is 5.92 Å². The second-order valence-corrected chi connectivity index (χ2v) is 5.67. The van der Waals surface area contributed by atoms with Crippen LogP contribution < -0.4 is 5.32 Å². The zero-order valence-electron chi connectivity index (χ0n) is 12.5. The number of likely N-dealkylation sites (N-methyl/N-ethyl adjacent to an activating group) is 1. The Morgan fingerprint density at radius 1 is 1.11 bits per heavy atom. The summed E-state index contributed by atoms with van der Waals surface area (Å²) in [7, 11) is 0. The summed E-state index contributed by atoms with van der Waals surface area (Å²) in [5.41, 5.74) is 0. The summed E-state index contributed by atoms with van der Waals surface area (Å²) in [4.78, 5) is 2.28. The number of aliphatic hydroxyl groups is 1. The van der Waals surface area contributed by atoms with E-state index in [0.717, 1.165) is 32.1 Å². The fraction of sp³-hybridized carbons (Fsp3) is 1.00. The molecule has 0 saturated heterocycles. The molecule has 0 heterocycles. The lowest BCUT2D eigenvalue weighted by atomic mass is 9.84. The average Bonchev–Trinajstić information content (AvgIpc) is 2.43. The zero-order valence-corrected chi connectivity index (χ0v) is 12.5. The van der Waals surface area contributed by atoms with Gasteiger partial charge in [0.1, 0.15) is 0 Å². The van der Waals surface area contributed by atoms with Gasteiger partial charge in [0.25, 0.3) is 0 Å². The first-order chi connectivity index (χ1) is 8.69. The summed E-state index contributed by atoms with van der Waals surface area (Å²) in [6.07, 6.45) is 6.40. The van der Waals surface area contributed by atoms with Crippen molar-refractivity contribution in [2.75, 3.05) is 26.2 Å². The molecular weight excluding hydrogens is 224 g/mol. The summed E-state index contributed by atoms with van der Waals surface area (Å²) in [6, 6.07) is 0.638. The number of nitrogens with one attached hydrogen (secondary N) is 1. The molecule has 1 saturated carbocycles. The van der Waals surface area contributed by atoms with Gasteiger partial charge in [-0.25, -0.2) is 0 Å². The summed E-state index contributed by atoms with van der Waals surface area (Å²) in [5, 5.41) is 13.5. The van der Waals surface area contributed by atoms with Crippen LogP contribution in [0.2, 0.25) is 0 Å². The van der Waals surface area contributed by atoms with Crippen molar-refractivity contribution in [1.82, 2.24) is 10.2 Å². The van der Waals surface area contributed by atoms with Crippen LogP contribution in [0.25, 0.3) is 0 Å². The van der Waals surface area contributed by atoms with Crippen molar-refractivity contribution in [2.24, 2.45) is 5.92 Å². The highest BCUT2D eigenvalue weighted by Gasteiger charge is 2.20. The Bertz CT molecular complexity index is 199. The molecule has 0 aromatic heterocycles. The highest BCUT2D eigenvalue weighted by molar-refractivity contribution is 4.78. The van der Waals surface area contributed by atoms with Crippen LogP contribution in [-0.4, -0.2) is 48.3 Å². The average molecular weight is 256 g/mol. The van der Waals surface area contributed by atoms with Crippen LogP contribution in [0.4, 0.5) is 0 Å². The fourth-order valence-corrected chi connectivity index (χ4v) is 2.92. The third-order valence-electron chi connectivity index (χ3n) is 4.43. The van der Waals surface area contributed by atoms with E-state index in [0.29, 0.717) is 6.04 Å². The van der Waals surface area contributed by atoms with Gasteiger partial charge in [-0.05, 0) is 44.7 Å². The first-order valence-electron chi connectivity index (χ1n) is 7.83. The monoisotopic (exact) mass is 256 g/mol. The largest absolute Gasteiger partial charge is 0.390 e. The Balaban J connectivity index is 2.13. The molecule has 1 aliphatic carbocycles. The Kier molecular flexibility index (Phi) is 7.87. The molecule has 108 valence electrons. The molecule has 0 amide bonds. The van der Waals surface area contributed by atoms with Crippen LogP contribution in [-0.2, 0) is 0 Å². The molecule has 1 rings (SSSR count). The predicted octanol–water partition coefficient (Wildman–Crippen LogP) is 2.25. The normalized spacial score (nSPS) is 26.5. The molecule has 3 nitrogen and oxygen atoms in total. The van der Waals surface area contributed by atoms with E-state index in [1.165, 1.54) is 32.1 Å². The summed E-state index contributed by atoms with van der Waals surface area (Å²) >= 11 is 0. The lowest BCUT2D eigenvalue weighted by Gasteiger charge is -2.30. The molecule has 18 heavy (non-hydrogen) atoms. The van der Waals surface area contributed by atoms with Crippen LogP contribution in [0.3, 0.4) is 0 Å². The van der Waals surface area contributed by atoms with Crippen molar-refractivity contribution in [3.8, 4) is 0 Å². The van der Waals surface area contributed by atoms with E-state index in [4.69, 9.17) is 0 Å². The van der Waals surface area contributed by atoms with Gasteiger partial charge in [-0.15, -0.1) is 0 Å². The molecule has 0 radical (unpaired) electrons.